The van der Waals surface area contributed by atoms with Crippen LogP contribution in [0.15, 0.2) is 89.4 Å². The Morgan fingerprint density at radius 1 is 0.727 bits per heavy atom. The third kappa shape index (κ3) is 4.51. The molecular weight excluding hydrogens is 478 g/mol. The van der Waals surface area contributed by atoms with Gasteiger partial charge in [0.05, 0.1) is 24.2 Å². The molecule has 2 aliphatic heterocycles. The summed E-state index contributed by atoms with van der Waals surface area (Å²) in [6, 6.07) is 28.3. The van der Waals surface area contributed by atoms with E-state index < -0.39 is 0 Å². The van der Waals surface area contributed by atoms with E-state index in [0.717, 1.165) is 30.7 Å². The lowest BCUT2D eigenvalue weighted by molar-refractivity contribution is -0.123. The van der Waals surface area contributed by atoms with Gasteiger partial charge in [-0.25, -0.2) is 4.90 Å². The van der Waals surface area contributed by atoms with E-state index in [-0.39, 0.29) is 30.3 Å². The van der Waals surface area contributed by atoms with Gasteiger partial charge in [-0.3, -0.25) is 19.4 Å². The third-order valence-corrected chi connectivity index (χ3v) is 7.12. The molecule has 6 heteroatoms. The van der Waals surface area contributed by atoms with Gasteiger partial charge < -0.3 is 0 Å². The molecule has 0 aromatic heterocycles. The first-order valence-corrected chi connectivity index (χ1v) is 12.1. The highest BCUT2D eigenvalue weighted by Crippen LogP contribution is 2.31. The predicted octanol–water partition coefficient (Wildman–Crippen LogP) is 4.49. The largest absolute Gasteiger partial charge is 0.290 e. The average molecular weight is 504 g/mol. The summed E-state index contributed by atoms with van der Waals surface area (Å²) in [5.41, 5.74) is 3.18. The number of benzene rings is 3. The molecule has 5 rings (SSSR count). The summed E-state index contributed by atoms with van der Waals surface area (Å²) in [7, 11) is 0. The second-order valence-corrected chi connectivity index (χ2v) is 9.48. The number of anilines is 1. The van der Waals surface area contributed by atoms with Crippen LogP contribution in [0.2, 0.25) is 0 Å². The molecule has 33 heavy (non-hydrogen) atoms. The van der Waals surface area contributed by atoms with Crippen LogP contribution in [0.3, 0.4) is 0 Å². The summed E-state index contributed by atoms with van der Waals surface area (Å²) in [4.78, 5) is 31.9. The predicted molar refractivity (Wildman–Crippen MR) is 133 cm³/mol. The Hall–Kier alpha value is -2.80. The molecule has 0 saturated carbocycles. The SMILES string of the molecule is O=C1C[C@H](N2CCN(C(c3ccccc3)c3ccccc3)CC2)C(=O)N1c1ccc(Br)cc1. The summed E-state index contributed by atoms with van der Waals surface area (Å²) in [5.74, 6) is -0.236. The molecule has 1 atom stereocenters. The van der Waals surface area contributed by atoms with E-state index >= 15 is 0 Å². The van der Waals surface area contributed by atoms with Gasteiger partial charge in [0.2, 0.25) is 5.91 Å². The fourth-order valence-corrected chi connectivity index (χ4v) is 5.22. The highest BCUT2D eigenvalue weighted by molar-refractivity contribution is 9.10. The minimum absolute atomic E-state index is 0.113. The van der Waals surface area contributed by atoms with Crippen LogP contribution in [0.25, 0.3) is 0 Å². The minimum atomic E-state index is -0.379. The number of halogens is 1. The first-order chi connectivity index (χ1) is 16.1. The Bertz CT molecular complexity index is 1070. The van der Waals surface area contributed by atoms with Crippen LogP contribution in [0.4, 0.5) is 5.69 Å². The molecule has 168 valence electrons. The Balaban J connectivity index is 1.31. The second-order valence-electron chi connectivity index (χ2n) is 8.56. The number of hydrogen-bond acceptors (Lipinski definition) is 4. The van der Waals surface area contributed by atoms with Gasteiger partial charge in [0.15, 0.2) is 0 Å². The van der Waals surface area contributed by atoms with Gasteiger partial charge in [0.1, 0.15) is 0 Å². The van der Waals surface area contributed by atoms with Gasteiger partial charge in [-0.15, -0.1) is 0 Å². The third-order valence-electron chi connectivity index (χ3n) is 6.59. The van der Waals surface area contributed by atoms with Gasteiger partial charge >= 0.3 is 0 Å². The fourth-order valence-electron chi connectivity index (χ4n) is 4.95. The summed E-state index contributed by atoms with van der Waals surface area (Å²) in [6.45, 7) is 3.19. The number of imide groups is 1. The van der Waals surface area contributed by atoms with Crippen molar-refractivity contribution in [3.05, 3.63) is 101 Å². The zero-order valence-corrected chi connectivity index (χ0v) is 19.9. The van der Waals surface area contributed by atoms with Crippen LogP contribution >= 0.6 is 15.9 Å². The van der Waals surface area contributed by atoms with E-state index in [1.807, 2.05) is 36.4 Å². The van der Waals surface area contributed by atoms with Gasteiger partial charge in [-0.1, -0.05) is 76.6 Å². The van der Waals surface area contributed by atoms with Crippen LogP contribution < -0.4 is 4.90 Å². The van der Waals surface area contributed by atoms with E-state index in [2.05, 4.69) is 74.3 Å². The number of piperazine rings is 1. The smallest absolute Gasteiger partial charge is 0.251 e. The van der Waals surface area contributed by atoms with Gasteiger partial charge in [0, 0.05) is 30.7 Å². The van der Waals surface area contributed by atoms with Crippen molar-refractivity contribution in [1.82, 2.24) is 9.80 Å². The highest BCUT2D eigenvalue weighted by Gasteiger charge is 2.43. The van der Waals surface area contributed by atoms with Gasteiger partial charge in [-0.2, -0.15) is 0 Å². The number of carbonyl (C=O) groups excluding carboxylic acids is 2. The molecule has 0 aliphatic carbocycles. The Labute approximate surface area is 202 Å². The van der Waals surface area contributed by atoms with Crippen molar-refractivity contribution in [2.45, 2.75) is 18.5 Å². The molecule has 2 fully saturated rings. The zero-order valence-electron chi connectivity index (χ0n) is 18.3. The maximum atomic E-state index is 13.2. The van der Waals surface area contributed by atoms with Crippen LogP contribution in [-0.4, -0.2) is 53.8 Å². The average Bonchev–Trinajstić information content (AvgIpc) is 3.15. The molecule has 3 aromatic rings. The summed E-state index contributed by atoms with van der Waals surface area (Å²) in [5, 5.41) is 0. The van der Waals surface area contributed by atoms with E-state index in [1.165, 1.54) is 16.0 Å². The van der Waals surface area contributed by atoms with Gasteiger partial charge in [-0.05, 0) is 35.4 Å². The van der Waals surface area contributed by atoms with Crippen molar-refractivity contribution in [2.24, 2.45) is 0 Å². The summed E-state index contributed by atoms with van der Waals surface area (Å²) >= 11 is 3.41. The zero-order chi connectivity index (χ0) is 22.8. The molecular formula is C27H26BrN3O2. The van der Waals surface area contributed by atoms with Crippen molar-refractivity contribution in [2.75, 3.05) is 31.1 Å². The topological polar surface area (TPSA) is 43.9 Å². The first-order valence-electron chi connectivity index (χ1n) is 11.3. The van der Waals surface area contributed by atoms with Crippen molar-refractivity contribution in [3.8, 4) is 0 Å². The molecule has 2 saturated heterocycles. The highest BCUT2D eigenvalue weighted by atomic mass is 79.9. The number of amides is 2. The molecule has 0 spiro atoms. The fraction of sp³-hybridized carbons (Fsp3) is 0.259. The van der Waals surface area contributed by atoms with E-state index in [4.69, 9.17) is 0 Å². The van der Waals surface area contributed by atoms with Crippen LogP contribution in [0.1, 0.15) is 23.6 Å². The quantitative estimate of drug-likeness (QED) is 0.481. The molecule has 3 aromatic carbocycles. The standard InChI is InChI=1S/C27H26BrN3O2/c28-22-11-13-23(14-12-22)31-25(32)19-24(27(31)33)29-15-17-30(18-16-29)26(20-7-3-1-4-8-20)21-9-5-2-6-10-21/h1-14,24,26H,15-19H2/t24-/m0/s1. The first kappa shape index (κ1) is 22.0. The lowest BCUT2D eigenvalue weighted by atomic mass is 9.96. The summed E-state index contributed by atoms with van der Waals surface area (Å²) < 4.78 is 0.921. The maximum Gasteiger partial charge on any atom is 0.251 e. The number of hydrogen-bond donors (Lipinski definition) is 0. The molecule has 2 aliphatic rings. The number of rotatable bonds is 5. The molecule has 0 N–H and O–H groups in total. The Morgan fingerprint density at radius 2 is 1.27 bits per heavy atom. The van der Waals surface area contributed by atoms with Gasteiger partial charge in [0.25, 0.3) is 5.91 Å². The molecule has 0 radical (unpaired) electrons. The lowest BCUT2D eigenvalue weighted by Gasteiger charge is -2.41. The van der Waals surface area contributed by atoms with Crippen LogP contribution in [0.5, 0.6) is 0 Å². The number of nitrogens with zero attached hydrogens (tertiary/aromatic N) is 3. The van der Waals surface area contributed by atoms with Crippen molar-refractivity contribution in [1.29, 1.82) is 0 Å². The monoisotopic (exact) mass is 503 g/mol. The maximum absolute atomic E-state index is 13.2. The van der Waals surface area contributed by atoms with Crippen molar-refractivity contribution < 1.29 is 9.59 Å². The van der Waals surface area contributed by atoms with E-state index in [1.54, 1.807) is 0 Å². The van der Waals surface area contributed by atoms with Crippen LogP contribution in [-0.2, 0) is 9.59 Å². The normalized spacial score (nSPS) is 20.1. The van der Waals surface area contributed by atoms with E-state index in [0.29, 0.717) is 5.69 Å². The Morgan fingerprint density at radius 3 is 1.82 bits per heavy atom. The second kappa shape index (κ2) is 9.59. The lowest BCUT2D eigenvalue weighted by Crippen LogP contribution is -2.53. The summed E-state index contributed by atoms with van der Waals surface area (Å²) in [6.07, 6.45) is 0.246. The van der Waals surface area contributed by atoms with Crippen molar-refractivity contribution in [3.63, 3.8) is 0 Å². The molecule has 5 nitrogen and oxygen atoms in total. The molecule has 0 bridgehead atoms. The van der Waals surface area contributed by atoms with E-state index in [9.17, 15) is 9.59 Å². The Kier molecular flexibility index (Phi) is 6.40. The number of carbonyl (C=O) groups is 2. The van der Waals surface area contributed by atoms with Crippen LogP contribution in [0, 0.1) is 0 Å². The van der Waals surface area contributed by atoms with Crippen molar-refractivity contribution >= 4 is 33.4 Å². The minimum Gasteiger partial charge on any atom is -0.290 e. The molecule has 2 amide bonds. The molecule has 2 heterocycles. The molecule has 0 unspecified atom stereocenters.